The van der Waals surface area contributed by atoms with E-state index in [4.69, 9.17) is 10.5 Å². The fraction of sp³-hybridized carbons (Fsp3) is 0.143. The van der Waals surface area contributed by atoms with Crippen LogP contribution in [0.15, 0.2) is 52.4 Å². The van der Waals surface area contributed by atoms with Crippen LogP contribution in [0.3, 0.4) is 0 Å². The Morgan fingerprint density at radius 2 is 1.88 bits per heavy atom. The molecule has 0 saturated heterocycles. The van der Waals surface area contributed by atoms with Crippen molar-refractivity contribution in [1.82, 2.24) is 9.97 Å². The van der Waals surface area contributed by atoms with Crippen molar-refractivity contribution in [2.24, 2.45) is 0 Å². The van der Waals surface area contributed by atoms with Crippen LogP contribution in [0.4, 0.5) is 26.0 Å². The van der Waals surface area contributed by atoms with Crippen molar-refractivity contribution in [1.29, 1.82) is 0 Å². The molecule has 2 aromatic carbocycles. The Morgan fingerprint density at radius 1 is 1.15 bits per heavy atom. The van der Waals surface area contributed by atoms with Crippen molar-refractivity contribution < 1.29 is 23.1 Å². The summed E-state index contributed by atoms with van der Waals surface area (Å²) in [6.07, 6.45) is 0. The predicted octanol–water partition coefficient (Wildman–Crippen LogP) is 3.01. The summed E-state index contributed by atoms with van der Waals surface area (Å²) in [6, 6.07) is 9.04. The van der Waals surface area contributed by atoms with E-state index < -0.39 is 29.0 Å². The number of thioether (sulfide) groups is 1. The van der Waals surface area contributed by atoms with Crippen LogP contribution in [0.2, 0.25) is 0 Å². The van der Waals surface area contributed by atoms with E-state index in [1.807, 2.05) is 6.92 Å². The van der Waals surface area contributed by atoms with E-state index in [0.717, 1.165) is 23.9 Å². The number of benzene rings is 2. The van der Waals surface area contributed by atoms with Crippen molar-refractivity contribution >= 4 is 40.8 Å². The van der Waals surface area contributed by atoms with Crippen LogP contribution in [0.5, 0.6) is 5.75 Å². The summed E-state index contributed by atoms with van der Waals surface area (Å²) in [5, 5.41) is 4.72. The quantitative estimate of drug-likeness (QED) is 0.290. The Bertz CT molecular complexity index is 1230. The van der Waals surface area contributed by atoms with Crippen molar-refractivity contribution in [3.05, 3.63) is 70.0 Å². The van der Waals surface area contributed by atoms with Gasteiger partial charge in [0.25, 0.3) is 11.5 Å². The second-order valence-corrected chi connectivity index (χ2v) is 7.47. The molecule has 0 atom stereocenters. The molecule has 0 aliphatic heterocycles. The van der Waals surface area contributed by atoms with Gasteiger partial charge in [-0.25, -0.2) is 13.8 Å². The van der Waals surface area contributed by atoms with E-state index in [0.29, 0.717) is 18.4 Å². The molecular weight excluding hydrogens is 456 g/mol. The third-order valence-corrected chi connectivity index (χ3v) is 5.01. The van der Waals surface area contributed by atoms with E-state index in [9.17, 15) is 23.2 Å². The molecule has 12 heteroatoms. The largest absolute Gasteiger partial charge is 0.494 e. The number of nitrogens with zero attached hydrogens (tertiary/aromatic N) is 1. The summed E-state index contributed by atoms with van der Waals surface area (Å²) < 4.78 is 31.9. The van der Waals surface area contributed by atoms with E-state index >= 15 is 0 Å². The van der Waals surface area contributed by atoms with Gasteiger partial charge in [-0.2, -0.15) is 0 Å². The number of rotatable bonds is 8. The minimum Gasteiger partial charge on any atom is -0.494 e. The number of anilines is 3. The third-order valence-electron chi connectivity index (χ3n) is 4.14. The lowest BCUT2D eigenvalue weighted by Gasteiger charge is -2.09. The molecule has 33 heavy (non-hydrogen) atoms. The Labute approximate surface area is 190 Å². The monoisotopic (exact) mass is 475 g/mol. The average Bonchev–Trinajstić information content (AvgIpc) is 2.77. The Hall–Kier alpha value is -3.93. The molecule has 1 aromatic heterocycles. The number of nitrogen functional groups attached to an aromatic ring is 1. The highest BCUT2D eigenvalue weighted by Crippen LogP contribution is 2.20. The zero-order chi connectivity index (χ0) is 24.0. The van der Waals surface area contributed by atoms with Crippen LogP contribution in [0.1, 0.15) is 17.3 Å². The van der Waals surface area contributed by atoms with Gasteiger partial charge in [0.2, 0.25) is 5.91 Å². The summed E-state index contributed by atoms with van der Waals surface area (Å²) in [6.45, 7) is 2.32. The van der Waals surface area contributed by atoms with Gasteiger partial charge in [-0.1, -0.05) is 11.8 Å². The van der Waals surface area contributed by atoms with Gasteiger partial charge >= 0.3 is 0 Å². The first kappa shape index (κ1) is 23.7. The van der Waals surface area contributed by atoms with Crippen LogP contribution < -0.4 is 26.7 Å². The molecule has 3 rings (SSSR count). The highest BCUT2D eigenvalue weighted by Gasteiger charge is 2.15. The second kappa shape index (κ2) is 10.6. The Morgan fingerprint density at radius 3 is 2.52 bits per heavy atom. The molecule has 172 valence electrons. The van der Waals surface area contributed by atoms with Gasteiger partial charge in [-0.3, -0.25) is 19.4 Å². The third kappa shape index (κ3) is 6.29. The zero-order valence-electron chi connectivity index (χ0n) is 17.3. The number of carbonyl (C=O) groups excluding carboxylic acids is 2. The fourth-order valence-electron chi connectivity index (χ4n) is 2.62. The number of aromatic amines is 1. The normalized spacial score (nSPS) is 10.5. The number of nitrogens with two attached hydrogens (primary N) is 1. The number of hydrogen-bond donors (Lipinski definition) is 4. The molecule has 0 spiro atoms. The Balaban J connectivity index is 1.62. The number of hydrogen-bond acceptors (Lipinski definition) is 7. The zero-order valence-corrected chi connectivity index (χ0v) is 18.1. The average molecular weight is 475 g/mol. The minimum atomic E-state index is -0.920. The first-order chi connectivity index (χ1) is 15.8. The first-order valence-corrected chi connectivity index (χ1v) is 10.6. The van der Waals surface area contributed by atoms with Gasteiger partial charge in [-0.15, -0.1) is 0 Å². The fourth-order valence-corrected chi connectivity index (χ4v) is 3.29. The number of ether oxygens (including phenoxy) is 1. The summed E-state index contributed by atoms with van der Waals surface area (Å²) >= 11 is 0.833. The number of nitrogens with one attached hydrogen (secondary N) is 3. The summed E-state index contributed by atoms with van der Waals surface area (Å²) in [4.78, 5) is 43.2. The maximum Gasteiger partial charge on any atom is 0.277 e. The van der Waals surface area contributed by atoms with Gasteiger partial charge in [0.15, 0.2) is 11.0 Å². The van der Waals surface area contributed by atoms with E-state index in [1.54, 1.807) is 12.1 Å². The molecule has 0 radical (unpaired) electrons. The predicted molar refractivity (Wildman–Crippen MR) is 121 cm³/mol. The number of halogens is 2. The molecule has 0 fully saturated rings. The van der Waals surface area contributed by atoms with Crippen LogP contribution in [0.25, 0.3) is 0 Å². The summed E-state index contributed by atoms with van der Waals surface area (Å²) in [7, 11) is 0. The Kier molecular flexibility index (Phi) is 7.61. The molecule has 0 unspecified atom stereocenters. The van der Waals surface area contributed by atoms with Crippen LogP contribution in [-0.4, -0.2) is 34.1 Å². The SMILES string of the molecule is CCOc1ccc(C(=O)Nc2c(N)nc(SCC(=O)Nc3ccc(F)cc3F)[nH]c2=O)cc1. The van der Waals surface area contributed by atoms with Crippen molar-refractivity contribution in [3.8, 4) is 5.75 Å². The van der Waals surface area contributed by atoms with E-state index in [2.05, 4.69) is 20.6 Å². The number of aromatic nitrogens is 2. The lowest BCUT2D eigenvalue weighted by atomic mass is 10.2. The summed E-state index contributed by atoms with van der Waals surface area (Å²) in [5.41, 5.74) is 4.95. The molecule has 9 nitrogen and oxygen atoms in total. The van der Waals surface area contributed by atoms with E-state index in [1.165, 1.54) is 12.1 Å². The van der Waals surface area contributed by atoms with Crippen LogP contribution in [0, 0.1) is 11.6 Å². The molecule has 0 aliphatic rings. The standard InChI is InChI=1S/C21H19F2N5O4S/c1-2-32-13-6-3-11(4-7-13)19(30)26-17-18(24)27-21(28-20(17)31)33-10-16(29)25-15-8-5-12(22)9-14(15)23/h3-9H,2,10H2,1H3,(H,25,29)(H,26,30)(H3,24,27,28,31). The minimum absolute atomic E-state index is 0.0197. The van der Waals surface area contributed by atoms with Gasteiger partial charge in [-0.05, 0) is 43.3 Å². The molecular formula is C21H19F2N5O4S. The first-order valence-electron chi connectivity index (χ1n) is 9.58. The highest BCUT2D eigenvalue weighted by atomic mass is 32.2. The molecule has 2 amide bonds. The van der Waals surface area contributed by atoms with Gasteiger partial charge in [0.05, 0.1) is 18.0 Å². The lowest BCUT2D eigenvalue weighted by molar-refractivity contribution is -0.113. The van der Waals surface area contributed by atoms with Gasteiger partial charge in [0, 0.05) is 11.6 Å². The topological polar surface area (TPSA) is 139 Å². The molecule has 3 aromatic rings. The molecule has 1 heterocycles. The number of amides is 2. The second-order valence-electron chi connectivity index (χ2n) is 6.50. The van der Waals surface area contributed by atoms with E-state index in [-0.39, 0.29) is 33.7 Å². The summed E-state index contributed by atoms with van der Waals surface area (Å²) in [5.74, 6) is -2.76. The van der Waals surface area contributed by atoms with Crippen LogP contribution in [-0.2, 0) is 4.79 Å². The molecule has 5 N–H and O–H groups in total. The lowest BCUT2D eigenvalue weighted by Crippen LogP contribution is -2.23. The van der Waals surface area contributed by atoms with Crippen LogP contribution >= 0.6 is 11.8 Å². The van der Waals surface area contributed by atoms with Gasteiger partial charge < -0.3 is 21.1 Å². The molecule has 0 aliphatic carbocycles. The number of H-pyrrole nitrogens is 1. The van der Waals surface area contributed by atoms with Gasteiger partial charge in [0.1, 0.15) is 23.1 Å². The number of carbonyl (C=O) groups is 2. The van der Waals surface area contributed by atoms with Crippen molar-refractivity contribution in [3.63, 3.8) is 0 Å². The highest BCUT2D eigenvalue weighted by molar-refractivity contribution is 7.99. The molecule has 0 saturated carbocycles. The maximum absolute atomic E-state index is 13.6. The maximum atomic E-state index is 13.6. The molecule has 0 bridgehead atoms. The van der Waals surface area contributed by atoms with Crippen molar-refractivity contribution in [2.75, 3.05) is 28.7 Å². The van der Waals surface area contributed by atoms with Crippen molar-refractivity contribution in [2.45, 2.75) is 12.1 Å². The smallest absolute Gasteiger partial charge is 0.277 e.